The lowest BCUT2D eigenvalue weighted by atomic mass is 10.2. The van der Waals surface area contributed by atoms with Crippen LogP contribution in [0, 0.1) is 0 Å². The molecule has 0 aliphatic carbocycles. The quantitative estimate of drug-likeness (QED) is 0.881. The number of nitrogens with one attached hydrogen (secondary N) is 1. The molecule has 0 bridgehead atoms. The number of sulfonamides is 1. The molecule has 1 aromatic carbocycles. The first kappa shape index (κ1) is 15.4. The van der Waals surface area contributed by atoms with Crippen molar-refractivity contribution in [3.63, 3.8) is 0 Å². The van der Waals surface area contributed by atoms with E-state index in [1.165, 1.54) is 0 Å². The van der Waals surface area contributed by atoms with Gasteiger partial charge in [0, 0.05) is 0 Å². The van der Waals surface area contributed by atoms with E-state index in [0.717, 1.165) is 25.1 Å². The van der Waals surface area contributed by atoms with Gasteiger partial charge >= 0.3 is 12.1 Å². The average molecular weight is 297 g/mol. The van der Waals surface area contributed by atoms with Crippen molar-refractivity contribution in [2.45, 2.75) is 24.0 Å². The maximum absolute atomic E-state index is 12.4. The fourth-order valence-electron chi connectivity index (χ4n) is 1.19. The fourth-order valence-corrected chi connectivity index (χ4v) is 2.43. The number of carboxylic acids is 1. The lowest BCUT2D eigenvalue weighted by Crippen LogP contribution is -2.38. The van der Waals surface area contributed by atoms with Crippen molar-refractivity contribution >= 4 is 16.0 Å². The van der Waals surface area contributed by atoms with Crippen LogP contribution in [0.4, 0.5) is 13.2 Å². The lowest BCUT2D eigenvalue weighted by molar-refractivity contribution is -0.139. The normalized spacial score (nSPS) is 14.1. The molecule has 1 aromatic rings. The van der Waals surface area contributed by atoms with Gasteiger partial charge in [0.15, 0.2) is 0 Å². The average Bonchev–Trinajstić information content (AvgIpc) is 2.27. The zero-order chi connectivity index (χ0) is 14.8. The third-order valence-electron chi connectivity index (χ3n) is 2.17. The van der Waals surface area contributed by atoms with Crippen LogP contribution in [0.2, 0.25) is 0 Å². The molecule has 0 heterocycles. The summed E-state index contributed by atoms with van der Waals surface area (Å²) in [6, 6.07) is 1.60. The second kappa shape index (κ2) is 5.17. The minimum Gasteiger partial charge on any atom is -0.480 e. The SMILES string of the molecule is C[C@H](NS(=O)(=O)c1cccc(C(F)(F)F)c1)C(=O)O. The number of carbonyl (C=O) groups is 1. The van der Waals surface area contributed by atoms with E-state index >= 15 is 0 Å². The Bertz CT molecular complexity index is 583. The first-order valence-corrected chi connectivity index (χ1v) is 6.45. The summed E-state index contributed by atoms with van der Waals surface area (Å²) in [5.41, 5.74) is -1.13. The van der Waals surface area contributed by atoms with E-state index in [1.807, 2.05) is 0 Å². The number of aliphatic carboxylic acids is 1. The van der Waals surface area contributed by atoms with Gasteiger partial charge in [0.25, 0.3) is 0 Å². The van der Waals surface area contributed by atoms with Crippen molar-refractivity contribution < 1.29 is 31.5 Å². The van der Waals surface area contributed by atoms with E-state index in [2.05, 4.69) is 0 Å². The highest BCUT2D eigenvalue weighted by Gasteiger charge is 2.32. The van der Waals surface area contributed by atoms with Gasteiger partial charge in [-0.3, -0.25) is 4.79 Å². The molecule has 0 spiro atoms. The molecule has 2 N–H and O–H groups in total. The van der Waals surface area contributed by atoms with Crippen LogP contribution in [0.5, 0.6) is 0 Å². The number of hydrogen-bond acceptors (Lipinski definition) is 3. The number of carboxylic acid groups (broad SMARTS) is 1. The molecule has 9 heteroatoms. The van der Waals surface area contributed by atoms with Gasteiger partial charge in [-0.2, -0.15) is 17.9 Å². The molecule has 106 valence electrons. The van der Waals surface area contributed by atoms with Crippen LogP contribution in [0.1, 0.15) is 12.5 Å². The molecule has 1 atom stereocenters. The molecule has 0 fully saturated rings. The highest BCUT2D eigenvalue weighted by atomic mass is 32.2. The summed E-state index contributed by atoms with van der Waals surface area (Å²) in [7, 11) is -4.32. The molecule has 0 aromatic heterocycles. The lowest BCUT2D eigenvalue weighted by Gasteiger charge is -2.12. The van der Waals surface area contributed by atoms with Gasteiger partial charge < -0.3 is 5.11 Å². The predicted octanol–water partition coefficient (Wildman–Crippen LogP) is 1.46. The van der Waals surface area contributed by atoms with Crippen LogP contribution < -0.4 is 4.72 Å². The van der Waals surface area contributed by atoms with E-state index in [-0.39, 0.29) is 0 Å². The molecule has 19 heavy (non-hydrogen) atoms. The van der Waals surface area contributed by atoms with Crippen LogP contribution in [0.15, 0.2) is 29.2 Å². The van der Waals surface area contributed by atoms with Crippen LogP contribution in [-0.4, -0.2) is 25.5 Å². The van der Waals surface area contributed by atoms with Gasteiger partial charge in [-0.1, -0.05) is 6.07 Å². The Morgan fingerprint density at radius 2 is 1.95 bits per heavy atom. The van der Waals surface area contributed by atoms with Crippen molar-refractivity contribution in [3.8, 4) is 0 Å². The van der Waals surface area contributed by atoms with Crippen molar-refractivity contribution in [1.82, 2.24) is 4.72 Å². The van der Waals surface area contributed by atoms with Gasteiger partial charge in [-0.25, -0.2) is 8.42 Å². The number of benzene rings is 1. The van der Waals surface area contributed by atoms with Crippen molar-refractivity contribution in [3.05, 3.63) is 29.8 Å². The Morgan fingerprint density at radius 1 is 1.37 bits per heavy atom. The zero-order valence-corrected chi connectivity index (χ0v) is 10.4. The summed E-state index contributed by atoms with van der Waals surface area (Å²) in [4.78, 5) is 9.88. The maximum atomic E-state index is 12.4. The van der Waals surface area contributed by atoms with Crippen LogP contribution in [0.3, 0.4) is 0 Å². The first-order chi connectivity index (χ1) is 8.54. The molecule has 0 amide bonds. The molecule has 0 saturated heterocycles. The molecular weight excluding hydrogens is 287 g/mol. The van der Waals surface area contributed by atoms with Gasteiger partial charge in [0.05, 0.1) is 10.5 Å². The van der Waals surface area contributed by atoms with Crippen molar-refractivity contribution in [2.24, 2.45) is 0 Å². The Balaban J connectivity index is 3.13. The number of hydrogen-bond donors (Lipinski definition) is 2. The Kier molecular flexibility index (Phi) is 4.21. The van der Waals surface area contributed by atoms with E-state index in [9.17, 15) is 26.4 Å². The fraction of sp³-hybridized carbons (Fsp3) is 0.300. The first-order valence-electron chi connectivity index (χ1n) is 4.96. The van der Waals surface area contributed by atoms with Crippen LogP contribution in [-0.2, 0) is 21.0 Å². The van der Waals surface area contributed by atoms with E-state index in [0.29, 0.717) is 6.07 Å². The number of rotatable bonds is 4. The minimum atomic E-state index is -4.68. The van der Waals surface area contributed by atoms with Gasteiger partial charge in [0.1, 0.15) is 6.04 Å². The molecule has 5 nitrogen and oxygen atoms in total. The Hall–Kier alpha value is -1.61. The largest absolute Gasteiger partial charge is 0.480 e. The van der Waals surface area contributed by atoms with E-state index in [4.69, 9.17) is 5.11 Å². The highest BCUT2D eigenvalue weighted by Crippen LogP contribution is 2.30. The second-order valence-electron chi connectivity index (χ2n) is 3.71. The van der Waals surface area contributed by atoms with E-state index < -0.39 is 38.7 Å². The van der Waals surface area contributed by atoms with Gasteiger partial charge in [-0.05, 0) is 25.1 Å². The molecule has 0 radical (unpaired) electrons. The molecule has 0 unspecified atom stereocenters. The topological polar surface area (TPSA) is 83.5 Å². The zero-order valence-electron chi connectivity index (χ0n) is 9.60. The Labute approximate surface area is 107 Å². The van der Waals surface area contributed by atoms with Crippen LogP contribution in [0.25, 0.3) is 0 Å². The summed E-state index contributed by atoms with van der Waals surface area (Å²) < 4.78 is 62.4. The summed E-state index contributed by atoms with van der Waals surface area (Å²) in [5, 5.41) is 8.57. The summed E-state index contributed by atoms with van der Waals surface area (Å²) in [6.07, 6.45) is -4.68. The molecule has 0 aliphatic heterocycles. The monoisotopic (exact) mass is 297 g/mol. The predicted molar refractivity (Wildman–Crippen MR) is 58.9 cm³/mol. The van der Waals surface area contributed by atoms with Gasteiger partial charge in [-0.15, -0.1) is 0 Å². The minimum absolute atomic E-state index is 0.441. The van der Waals surface area contributed by atoms with Gasteiger partial charge in [0.2, 0.25) is 10.0 Å². The molecular formula is C10H10F3NO4S. The van der Waals surface area contributed by atoms with Crippen molar-refractivity contribution in [2.75, 3.05) is 0 Å². The summed E-state index contributed by atoms with van der Waals surface area (Å²) >= 11 is 0. The number of halogens is 3. The smallest absolute Gasteiger partial charge is 0.416 e. The van der Waals surface area contributed by atoms with E-state index in [1.54, 1.807) is 4.72 Å². The molecule has 0 saturated carbocycles. The van der Waals surface area contributed by atoms with Crippen LogP contribution >= 0.6 is 0 Å². The standard InChI is InChI=1S/C10H10F3NO4S/c1-6(9(15)16)14-19(17,18)8-4-2-3-7(5-8)10(11,12)13/h2-6,14H,1H3,(H,15,16)/t6-/m0/s1. The number of alkyl halides is 3. The summed E-state index contributed by atoms with van der Waals surface area (Å²) in [5.74, 6) is -1.43. The Morgan fingerprint density at radius 3 is 2.42 bits per heavy atom. The van der Waals surface area contributed by atoms with Crippen molar-refractivity contribution in [1.29, 1.82) is 0 Å². The maximum Gasteiger partial charge on any atom is 0.416 e. The third-order valence-corrected chi connectivity index (χ3v) is 3.71. The molecule has 0 aliphatic rings. The summed E-state index contributed by atoms with van der Waals surface area (Å²) in [6.45, 7) is 1.06. The second-order valence-corrected chi connectivity index (χ2v) is 5.42. The highest BCUT2D eigenvalue weighted by molar-refractivity contribution is 7.89. The third kappa shape index (κ3) is 3.93. The molecule has 1 rings (SSSR count).